The molecule has 0 bridgehead atoms. The Morgan fingerprint density at radius 1 is 0.769 bits per heavy atom. The molecule has 1 rings (SSSR count). The molecule has 0 amide bonds. The Morgan fingerprint density at radius 2 is 1.15 bits per heavy atom. The van der Waals surface area contributed by atoms with E-state index in [2.05, 4.69) is 0 Å². The second-order valence-corrected chi connectivity index (χ2v) is 3.10. The third kappa shape index (κ3) is 1.89. The van der Waals surface area contributed by atoms with E-state index in [1.165, 1.54) is 0 Å². The molecule has 0 unspecified atom stereocenters. The molecule has 0 aliphatic heterocycles. The Kier molecular flexibility index (Phi) is 3.69. The molecule has 0 fully saturated rings. The number of aromatic nitrogens is 1. The average Bonchev–Trinajstić information content (AvgIpc) is 2.13. The molecular formula is C5F6NXe+. The van der Waals surface area contributed by atoms with E-state index >= 15 is 0 Å². The molecule has 13 heavy (non-hydrogen) atoms. The van der Waals surface area contributed by atoms with Crippen LogP contribution in [0.4, 0.5) is 22.0 Å². The summed E-state index contributed by atoms with van der Waals surface area (Å²) in [6, 6.07) is 0. The summed E-state index contributed by atoms with van der Waals surface area (Å²) >= 11 is -2.59. The van der Waals surface area contributed by atoms with E-state index in [4.69, 9.17) is 0 Å². The average molecular weight is 319 g/mol. The Morgan fingerprint density at radius 3 is 1.46 bits per heavy atom. The van der Waals surface area contributed by atoms with Crippen LogP contribution in [0.1, 0.15) is 0 Å². The first-order chi connectivity index (χ1) is 6.00. The van der Waals surface area contributed by atoms with Crippen LogP contribution in [-0.4, -0.2) is 0 Å². The summed E-state index contributed by atoms with van der Waals surface area (Å²) in [5.41, 5.74) is 0. The van der Waals surface area contributed by atoms with Gasteiger partial charge in [-0.1, -0.05) is 0 Å². The van der Waals surface area contributed by atoms with Gasteiger partial charge in [0.1, 0.15) is 0 Å². The normalized spacial score (nSPS) is 10.9. The molecule has 0 atom stereocenters. The van der Waals surface area contributed by atoms with Gasteiger partial charge in [-0.3, -0.25) is 0 Å². The van der Waals surface area contributed by atoms with Gasteiger partial charge in [-0.2, -0.15) is 0 Å². The number of hydrogen-bond donors (Lipinski definition) is 0. The van der Waals surface area contributed by atoms with Gasteiger partial charge in [-0.05, 0) is 0 Å². The summed E-state index contributed by atoms with van der Waals surface area (Å²) in [7, 11) is 0. The molecule has 0 saturated heterocycles. The van der Waals surface area contributed by atoms with Gasteiger partial charge in [0.2, 0.25) is 0 Å². The molecule has 0 aliphatic carbocycles. The van der Waals surface area contributed by atoms with Crippen molar-refractivity contribution in [3.63, 3.8) is 0 Å². The van der Waals surface area contributed by atoms with Crippen LogP contribution in [0.25, 0.3) is 0 Å². The molecule has 0 aliphatic rings. The summed E-state index contributed by atoms with van der Waals surface area (Å²) in [5, 5.41) is 0. The fourth-order valence-corrected chi connectivity index (χ4v) is 1.28. The Hall–Kier alpha value is 0.301. The maximum absolute atomic E-state index is 12.4. The predicted octanol–water partition coefficient (Wildman–Crippen LogP) is 1.40. The van der Waals surface area contributed by atoms with Gasteiger partial charge in [0, 0.05) is 0 Å². The topological polar surface area (TPSA) is 3.88 Å². The van der Waals surface area contributed by atoms with E-state index in [1.807, 2.05) is 0 Å². The molecule has 0 spiro atoms. The van der Waals surface area contributed by atoms with Crippen LogP contribution in [-0.2, 0) is 0 Å². The molecule has 1 aromatic rings. The number of nitrogens with zero attached hydrogens (tertiary/aromatic N) is 1. The van der Waals surface area contributed by atoms with Crippen LogP contribution in [0.2, 0.25) is 0 Å². The Labute approximate surface area is 95.4 Å². The molecule has 8 heteroatoms. The first-order valence-electron chi connectivity index (χ1n) is 2.68. The molecule has 0 aromatic carbocycles. The summed E-state index contributed by atoms with van der Waals surface area (Å²) in [5.74, 6) is -10.9. The molecule has 1 nitrogen and oxygen atoms in total. The van der Waals surface area contributed by atoms with Gasteiger partial charge in [-0.25, -0.2) is 0 Å². The van der Waals surface area contributed by atoms with Gasteiger partial charge in [0.25, 0.3) is 0 Å². The van der Waals surface area contributed by atoms with Crippen LogP contribution in [0.5, 0.6) is 0 Å². The molecule has 1 heterocycles. The fraction of sp³-hybridized carbons (Fsp3) is 0. The first-order valence-corrected chi connectivity index (χ1v) is 4.35. The van der Waals surface area contributed by atoms with Crippen LogP contribution in [0.3, 0.4) is 0 Å². The summed E-state index contributed by atoms with van der Waals surface area (Å²) in [4.78, 5) is 0. The van der Waals surface area contributed by atoms with Crippen molar-refractivity contribution in [3.8, 4) is 0 Å². The van der Waals surface area contributed by atoms with Gasteiger partial charge < -0.3 is 0 Å². The summed E-state index contributed by atoms with van der Waals surface area (Å²) in [6.45, 7) is 0. The van der Waals surface area contributed by atoms with Crippen LogP contribution in [0.15, 0.2) is 0 Å². The third-order valence-corrected chi connectivity index (χ3v) is 2.28. The van der Waals surface area contributed by atoms with Gasteiger partial charge in [-0.15, -0.1) is 0 Å². The molecular weight excluding hydrogens is 319 g/mol. The monoisotopic (exact) mass is 320 g/mol. The number of pyridine rings is 1. The van der Waals surface area contributed by atoms with Crippen LogP contribution >= 0.6 is 0 Å². The molecule has 0 saturated carbocycles. The van der Waals surface area contributed by atoms with E-state index in [-0.39, 0.29) is 0 Å². The van der Waals surface area contributed by atoms with Crippen molar-refractivity contribution in [2.75, 3.05) is 0 Å². The summed E-state index contributed by atoms with van der Waals surface area (Å²) < 4.78 is 73.0. The Bertz CT molecular complexity index is 324. The fourth-order valence-electron chi connectivity index (χ4n) is 0.584. The predicted molar refractivity (Wildman–Crippen MR) is 22.9 cm³/mol. The first kappa shape index (κ1) is 11.4. The van der Waals surface area contributed by atoms with Crippen molar-refractivity contribution in [1.29, 1.82) is 0 Å². The zero-order chi connectivity index (χ0) is 10.2. The van der Waals surface area contributed by atoms with Crippen molar-refractivity contribution in [1.82, 2.24) is 0 Å². The third-order valence-electron chi connectivity index (χ3n) is 1.14. The number of hydrogen-bond acceptors (Lipinski definition) is 0. The van der Waals surface area contributed by atoms with Crippen molar-refractivity contribution < 1.29 is 67.2 Å². The van der Waals surface area contributed by atoms with E-state index in [0.29, 0.717) is 0 Å². The molecule has 0 radical (unpaired) electrons. The quantitative estimate of drug-likeness (QED) is 0.544. The van der Waals surface area contributed by atoms with Gasteiger partial charge >= 0.3 is 96.5 Å². The zero-order valence-corrected chi connectivity index (χ0v) is 7.59. The Balaban J connectivity index is 3.56. The minimum atomic E-state index is -2.59. The number of rotatable bonds is 1. The SMILES string of the molecule is F[Xe][n+]1c(F)c(F)c(F)c(F)c1F. The van der Waals surface area contributed by atoms with Crippen LogP contribution < -0.4 is -0.420 Å². The van der Waals surface area contributed by atoms with E-state index in [1.54, 1.807) is 0 Å². The molecule has 74 valence electrons. The van der Waals surface area contributed by atoms with Crippen molar-refractivity contribution in [2.45, 2.75) is 0 Å². The standard InChI is InChI=1S/C5F6NXe/c6-1-2(7)4(9)12(13-11)5(10)3(1)8/q+1. The van der Waals surface area contributed by atoms with Crippen molar-refractivity contribution in [3.05, 3.63) is 29.3 Å². The van der Waals surface area contributed by atoms with Gasteiger partial charge in [0.15, 0.2) is 0 Å². The van der Waals surface area contributed by atoms with Crippen molar-refractivity contribution in [2.24, 2.45) is 0 Å². The van der Waals surface area contributed by atoms with Gasteiger partial charge in [0.05, 0.1) is 0 Å². The van der Waals surface area contributed by atoms with E-state index in [9.17, 15) is 22.0 Å². The molecule has 1 aromatic heterocycles. The number of halogens is 6. The zero-order valence-electron chi connectivity index (χ0n) is 5.57. The second-order valence-electron chi connectivity index (χ2n) is 1.85. The maximum atomic E-state index is 12.4. The van der Waals surface area contributed by atoms with Crippen molar-refractivity contribution >= 4 is 0 Å². The van der Waals surface area contributed by atoms with E-state index < -0.39 is 74.5 Å². The minimum absolute atomic E-state index is 0.513. The van der Waals surface area contributed by atoms with Crippen LogP contribution in [0, 0.1) is 74.9 Å². The second kappa shape index (κ2) is 4.22. The summed E-state index contributed by atoms with van der Waals surface area (Å²) in [6.07, 6.45) is 0. The molecule has 0 N–H and O–H groups in total. The van der Waals surface area contributed by atoms with E-state index in [0.717, 1.165) is 0 Å².